The van der Waals surface area contributed by atoms with E-state index in [1.807, 2.05) is 12.4 Å². The molecule has 0 saturated carbocycles. The Balaban J connectivity index is 2.14. The number of rotatable bonds is 3. The van der Waals surface area contributed by atoms with Crippen LogP contribution in [0, 0.1) is 0 Å². The highest BCUT2D eigenvalue weighted by atomic mass is 32.1. The van der Waals surface area contributed by atoms with Gasteiger partial charge in [0.25, 0.3) is 0 Å². The summed E-state index contributed by atoms with van der Waals surface area (Å²) in [5, 5.41) is 4.14. The summed E-state index contributed by atoms with van der Waals surface area (Å²) >= 11 is 6.44. The van der Waals surface area contributed by atoms with Crippen molar-refractivity contribution >= 4 is 28.5 Å². The van der Waals surface area contributed by atoms with E-state index >= 15 is 0 Å². The van der Waals surface area contributed by atoms with Crippen LogP contribution in [0.2, 0.25) is 0 Å². The van der Waals surface area contributed by atoms with Gasteiger partial charge in [0.2, 0.25) is 0 Å². The van der Waals surface area contributed by atoms with Gasteiger partial charge in [0.05, 0.1) is 18.3 Å². The van der Waals surface area contributed by atoms with Crippen LogP contribution in [-0.2, 0) is 6.54 Å². The van der Waals surface area contributed by atoms with Gasteiger partial charge >= 0.3 is 0 Å². The molecule has 2 N–H and O–H groups in total. The van der Waals surface area contributed by atoms with Crippen LogP contribution in [0.25, 0.3) is 0 Å². The number of nitrogens with two attached hydrogens (primary N) is 1. The molecule has 0 amide bonds. The number of aromatic nitrogens is 3. The summed E-state index contributed by atoms with van der Waals surface area (Å²) in [5.41, 5.74) is 8.06. The highest BCUT2D eigenvalue weighted by Crippen LogP contribution is 2.08. The molecule has 0 atom stereocenters. The van der Waals surface area contributed by atoms with Crippen molar-refractivity contribution in [1.82, 2.24) is 14.8 Å². The summed E-state index contributed by atoms with van der Waals surface area (Å²) in [5.74, 6) is 0. The second-order valence-electron chi connectivity index (χ2n) is 2.76. The highest BCUT2D eigenvalue weighted by molar-refractivity contribution is 7.80. The van der Waals surface area contributed by atoms with E-state index in [1.54, 1.807) is 27.7 Å². The minimum atomic E-state index is 0.376. The van der Waals surface area contributed by atoms with E-state index in [4.69, 9.17) is 18.0 Å². The van der Waals surface area contributed by atoms with Crippen LogP contribution in [0.3, 0.4) is 0 Å². The Hall–Kier alpha value is -1.27. The summed E-state index contributed by atoms with van der Waals surface area (Å²) in [4.78, 5) is 5.52. The van der Waals surface area contributed by atoms with Crippen LogP contribution < -0.4 is 5.73 Å². The molecule has 4 nitrogen and oxygen atoms in total. The predicted molar refractivity (Wildman–Crippen MR) is 59.3 cm³/mol. The SMILES string of the molecule is NC(=S)c1cnn(Cc2cncs2)c1. The van der Waals surface area contributed by atoms with Crippen molar-refractivity contribution in [1.29, 1.82) is 0 Å². The third-order valence-corrected chi connectivity index (χ3v) is 2.72. The van der Waals surface area contributed by atoms with E-state index in [2.05, 4.69) is 10.1 Å². The van der Waals surface area contributed by atoms with Crippen LogP contribution in [-0.4, -0.2) is 19.8 Å². The van der Waals surface area contributed by atoms with Crippen molar-refractivity contribution in [2.24, 2.45) is 5.73 Å². The van der Waals surface area contributed by atoms with Gasteiger partial charge < -0.3 is 5.73 Å². The molecule has 0 aliphatic carbocycles. The van der Waals surface area contributed by atoms with Gasteiger partial charge in [0.1, 0.15) is 4.99 Å². The molecule has 2 aromatic rings. The average Bonchev–Trinajstić information content (AvgIpc) is 2.75. The quantitative estimate of drug-likeness (QED) is 0.791. The average molecular weight is 224 g/mol. The number of hydrogen-bond acceptors (Lipinski definition) is 4. The Morgan fingerprint density at radius 1 is 1.57 bits per heavy atom. The lowest BCUT2D eigenvalue weighted by atomic mass is 10.4. The second kappa shape index (κ2) is 3.85. The lowest BCUT2D eigenvalue weighted by Crippen LogP contribution is -2.08. The van der Waals surface area contributed by atoms with Crippen molar-refractivity contribution in [2.75, 3.05) is 0 Å². The smallest absolute Gasteiger partial charge is 0.107 e. The molecule has 0 spiro atoms. The standard InChI is InChI=1S/C8H8N4S2/c9-8(13)6-1-11-12(3-6)4-7-2-10-5-14-7/h1-3,5H,4H2,(H2,9,13). The molecule has 0 aliphatic rings. The van der Waals surface area contributed by atoms with E-state index in [0.717, 1.165) is 10.4 Å². The minimum absolute atomic E-state index is 0.376. The summed E-state index contributed by atoms with van der Waals surface area (Å²) in [6.45, 7) is 0.716. The molecule has 6 heteroatoms. The number of nitrogens with zero attached hydrogens (tertiary/aromatic N) is 3. The molecule has 2 heterocycles. The first kappa shape index (κ1) is 9.29. The minimum Gasteiger partial charge on any atom is -0.389 e. The lowest BCUT2D eigenvalue weighted by Gasteiger charge is -1.95. The van der Waals surface area contributed by atoms with E-state index in [1.165, 1.54) is 0 Å². The van der Waals surface area contributed by atoms with Gasteiger partial charge in [-0.15, -0.1) is 11.3 Å². The number of thiazole rings is 1. The molecular formula is C8H8N4S2. The fourth-order valence-electron chi connectivity index (χ4n) is 1.06. The second-order valence-corrected chi connectivity index (χ2v) is 4.17. The maximum absolute atomic E-state index is 5.47. The first-order valence-corrected chi connectivity index (χ1v) is 5.24. The zero-order valence-electron chi connectivity index (χ0n) is 7.25. The topological polar surface area (TPSA) is 56.7 Å². The van der Waals surface area contributed by atoms with Crippen LogP contribution in [0.5, 0.6) is 0 Å². The van der Waals surface area contributed by atoms with Gasteiger partial charge in [-0.05, 0) is 0 Å². The summed E-state index contributed by atoms with van der Waals surface area (Å²) < 4.78 is 1.79. The molecule has 0 fully saturated rings. The molecule has 14 heavy (non-hydrogen) atoms. The molecule has 0 unspecified atom stereocenters. The van der Waals surface area contributed by atoms with Crippen LogP contribution in [0.1, 0.15) is 10.4 Å². The van der Waals surface area contributed by atoms with Crippen molar-refractivity contribution in [3.63, 3.8) is 0 Å². The largest absolute Gasteiger partial charge is 0.389 e. The van der Waals surface area contributed by atoms with Crippen LogP contribution in [0.15, 0.2) is 24.1 Å². The van der Waals surface area contributed by atoms with Crippen LogP contribution >= 0.6 is 23.6 Å². The highest BCUT2D eigenvalue weighted by Gasteiger charge is 2.02. The number of thiocarbonyl (C=S) groups is 1. The Bertz CT molecular complexity index is 432. The molecule has 0 aliphatic heterocycles. The fraction of sp³-hybridized carbons (Fsp3) is 0.125. The third kappa shape index (κ3) is 1.97. The van der Waals surface area contributed by atoms with Gasteiger partial charge in [-0.3, -0.25) is 9.67 Å². The first-order valence-electron chi connectivity index (χ1n) is 3.95. The summed E-state index contributed by atoms with van der Waals surface area (Å²) in [6, 6.07) is 0. The molecule has 0 aromatic carbocycles. The third-order valence-electron chi connectivity index (χ3n) is 1.72. The Kier molecular flexibility index (Phi) is 2.55. The van der Waals surface area contributed by atoms with Crippen molar-refractivity contribution < 1.29 is 0 Å². The Morgan fingerprint density at radius 2 is 2.43 bits per heavy atom. The van der Waals surface area contributed by atoms with Gasteiger partial charge in [0.15, 0.2) is 0 Å². The number of hydrogen-bond donors (Lipinski definition) is 1. The van der Waals surface area contributed by atoms with Gasteiger partial charge in [-0.1, -0.05) is 12.2 Å². The molecule has 0 saturated heterocycles. The van der Waals surface area contributed by atoms with Gasteiger partial charge in [0, 0.05) is 22.8 Å². The predicted octanol–water partition coefficient (Wildman–Crippen LogP) is 1.02. The van der Waals surface area contributed by atoms with E-state index in [-0.39, 0.29) is 0 Å². The first-order chi connectivity index (χ1) is 6.75. The van der Waals surface area contributed by atoms with Crippen molar-refractivity contribution in [2.45, 2.75) is 6.54 Å². The maximum Gasteiger partial charge on any atom is 0.107 e. The molecule has 0 bridgehead atoms. The van der Waals surface area contributed by atoms with Gasteiger partial charge in [-0.2, -0.15) is 5.10 Å². The monoisotopic (exact) mass is 224 g/mol. The summed E-state index contributed by atoms with van der Waals surface area (Å²) in [6.07, 6.45) is 5.33. The summed E-state index contributed by atoms with van der Waals surface area (Å²) in [7, 11) is 0. The molecule has 2 rings (SSSR count). The van der Waals surface area contributed by atoms with Crippen molar-refractivity contribution in [3.8, 4) is 0 Å². The fourth-order valence-corrected chi connectivity index (χ4v) is 1.75. The molecule has 72 valence electrons. The zero-order chi connectivity index (χ0) is 9.97. The molecular weight excluding hydrogens is 216 g/mol. The van der Waals surface area contributed by atoms with E-state index < -0.39 is 0 Å². The normalized spacial score (nSPS) is 10.3. The Morgan fingerprint density at radius 3 is 3.00 bits per heavy atom. The van der Waals surface area contributed by atoms with Crippen LogP contribution in [0.4, 0.5) is 0 Å². The van der Waals surface area contributed by atoms with Crippen molar-refractivity contribution in [3.05, 3.63) is 34.5 Å². The Labute approximate surface area is 90.4 Å². The zero-order valence-corrected chi connectivity index (χ0v) is 8.88. The van der Waals surface area contributed by atoms with Gasteiger partial charge in [-0.25, -0.2) is 0 Å². The van der Waals surface area contributed by atoms with E-state index in [9.17, 15) is 0 Å². The maximum atomic E-state index is 5.47. The lowest BCUT2D eigenvalue weighted by molar-refractivity contribution is 0.693. The molecule has 0 radical (unpaired) electrons. The van der Waals surface area contributed by atoms with E-state index in [0.29, 0.717) is 11.5 Å². The molecule has 2 aromatic heterocycles.